The number of nitrogens with zero attached hydrogens (tertiary/aromatic N) is 4. The Balaban J connectivity index is 0.00000338. The van der Waals surface area contributed by atoms with Crippen LogP contribution < -0.4 is 5.32 Å². The van der Waals surface area contributed by atoms with Crippen LogP contribution in [0.1, 0.15) is 38.6 Å². The molecule has 0 aliphatic carbocycles. The van der Waals surface area contributed by atoms with Gasteiger partial charge >= 0.3 is 0 Å². The summed E-state index contributed by atoms with van der Waals surface area (Å²) in [6.07, 6.45) is 0.895. The summed E-state index contributed by atoms with van der Waals surface area (Å²) in [5.74, 6) is 0.981. The van der Waals surface area contributed by atoms with Crippen molar-refractivity contribution in [2.24, 2.45) is 4.99 Å². The number of halogens is 1. The molecule has 26 heavy (non-hydrogen) atoms. The van der Waals surface area contributed by atoms with E-state index in [0.29, 0.717) is 19.6 Å². The Labute approximate surface area is 174 Å². The summed E-state index contributed by atoms with van der Waals surface area (Å²) in [6.45, 7) is 12.9. The topological polar surface area (TPSA) is 79.6 Å². The zero-order valence-corrected chi connectivity index (χ0v) is 19.6. The van der Waals surface area contributed by atoms with Gasteiger partial charge in [-0.2, -0.15) is 5.10 Å². The molecule has 2 rings (SSSR count). The Bertz CT molecular complexity index is 728. The van der Waals surface area contributed by atoms with Crippen LogP contribution in [-0.4, -0.2) is 65.7 Å². The van der Waals surface area contributed by atoms with Crippen molar-refractivity contribution in [2.45, 2.75) is 52.3 Å². The van der Waals surface area contributed by atoms with E-state index in [2.05, 4.69) is 28.3 Å². The molecular formula is C17H32IN5O2S. The fourth-order valence-electron chi connectivity index (χ4n) is 3.06. The van der Waals surface area contributed by atoms with Crippen LogP contribution in [0.5, 0.6) is 0 Å². The van der Waals surface area contributed by atoms with Crippen LogP contribution in [-0.2, 0) is 16.4 Å². The number of rotatable bonds is 5. The summed E-state index contributed by atoms with van der Waals surface area (Å²) in [4.78, 5) is 6.76. The summed E-state index contributed by atoms with van der Waals surface area (Å²) >= 11 is 0. The lowest BCUT2D eigenvalue weighted by molar-refractivity contribution is 0.353. The van der Waals surface area contributed by atoms with Crippen molar-refractivity contribution in [1.29, 1.82) is 0 Å². The van der Waals surface area contributed by atoms with E-state index in [1.165, 1.54) is 0 Å². The molecule has 1 N–H and O–H groups in total. The van der Waals surface area contributed by atoms with Crippen LogP contribution in [0.15, 0.2) is 11.1 Å². The summed E-state index contributed by atoms with van der Waals surface area (Å²) in [7, 11) is -3.04. The van der Waals surface area contributed by atoms with Crippen molar-refractivity contribution in [2.75, 3.05) is 31.9 Å². The second-order valence-electron chi connectivity index (χ2n) is 7.24. The monoisotopic (exact) mass is 497 g/mol. The third-order valence-corrected chi connectivity index (χ3v) is 7.10. The number of aryl methyl sites for hydroxylation is 3. The molecule has 1 aromatic rings. The van der Waals surface area contributed by atoms with E-state index in [4.69, 9.17) is 4.99 Å². The molecule has 150 valence electrons. The van der Waals surface area contributed by atoms with Gasteiger partial charge in [0.1, 0.15) is 0 Å². The lowest BCUT2D eigenvalue weighted by Gasteiger charge is -2.39. The Morgan fingerprint density at radius 1 is 1.38 bits per heavy atom. The average molecular weight is 497 g/mol. The molecule has 0 unspecified atom stereocenters. The number of hydrogen-bond donors (Lipinski definition) is 1. The van der Waals surface area contributed by atoms with Crippen molar-refractivity contribution in [3.8, 4) is 0 Å². The van der Waals surface area contributed by atoms with Crippen LogP contribution in [0.4, 0.5) is 0 Å². The standard InChI is InChI=1S/C17H31N5O2S.HI/c1-6-18-16(21-10-11-25(23,24)17(4,5)13-21)19-8-7-9-22-15(3)12-14(2)20-22;/h12H,6-11,13H2,1-5H3,(H,18,19);1H. The van der Waals surface area contributed by atoms with E-state index in [1.54, 1.807) is 13.8 Å². The second kappa shape index (κ2) is 9.38. The van der Waals surface area contributed by atoms with Crippen molar-refractivity contribution >= 4 is 39.8 Å². The molecule has 0 bridgehead atoms. The normalized spacial score (nSPS) is 19.1. The molecule has 9 heteroatoms. The summed E-state index contributed by atoms with van der Waals surface area (Å²) in [5.41, 5.74) is 2.20. The van der Waals surface area contributed by atoms with Gasteiger partial charge in [-0.15, -0.1) is 24.0 Å². The maximum absolute atomic E-state index is 12.2. The van der Waals surface area contributed by atoms with Crippen LogP contribution in [0, 0.1) is 13.8 Å². The fraction of sp³-hybridized carbons (Fsp3) is 0.765. The second-order valence-corrected chi connectivity index (χ2v) is 9.98. The van der Waals surface area contributed by atoms with E-state index in [0.717, 1.165) is 36.9 Å². The third-order valence-electron chi connectivity index (χ3n) is 4.57. The molecule has 0 saturated carbocycles. The Kier molecular flexibility index (Phi) is 8.37. The number of aromatic nitrogens is 2. The number of sulfone groups is 1. The van der Waals surface area contributed by atoms with Gasteiger partial charge in [-0.1, -0.05) is 0 Å². The molecule has 0 atom stereocenters. The van der Waals surface area contributed by atoms with Crippen molar-refractivity contribution in [1.82, 2.24) is 20.0 Å². The van der Waals surface area contributed by atoms with E-state index >= 15 is 0 Å². The molecule has 1 aliphatic heterocycles. The van der Waals surface area contributed by atoms with Gasteiger partial charge < -0.3 is 10.2 Å². The molecule has 7 nitrogen and oxygen atoms in total. The first-order chi connectivity index (χ1) is 11.7. The zero-order chi connectivity index (χ0) is 18.7. The third kappa shape index (κ3) is 5.58. The first-order valence-corrected chi connectivity index (χ1v) is 10.6. The summed E-state index contributed by atoms with van der Waals surface area (Å²) < 4.78 is 25.6. The predicted octanol–water partition coefficient (Wildman–Crippen LogP) is 1.98. The molecule has 0 aromatic carbocycles. The summed E-state index contributed by atoms with van der Waals surface area (Å²) in [6, 6.07) is 2.07. The largest absolute Gasteiger partial charge is 0.357 e. The molecule has 1 saturated heterocycles. The number of nitrogens with one attached hydrogen (secondary N) is 1. The van der Waals surface area contributed by atoms with E-state index in [-0.39, 0.29) is 29.7 Å². The smallest absolute Gasteiger partial charge is 0.193 e. The fourth-order valence-corrected chi connectivity index (χ4v) is 4.42. The molecular weight excluding hydrogens is 465 g/mol. The average Bonchev–Trinajstić information content (AvgIpc) is 2.83. The van der Waals surface area contributed by atoms with Gasteiger partial charge in [0.25, 0.3) is 0 Å². The maximum Gasteiger partial charge on any atom is 0.193 e. The lowest BCUT2D eigenvalue weighted by Crippen LogP contribution is -2.57. The molecule has 2 heterocycles. The van der Waals surface area contributed by atoms with Crippen molar-refractivity contribution in [3.63, 3.8) is 0 Å². The zero-order valence-electron chi connectivity index (χ0n) is 16.4. The molecule has 1 fully saturated rings. The molecule has 0 spiro atoms. The minimum atomic E-state index is -3.04. The lowest BCUT2D eigenvalue weighted by atomic mass is 10.2. The first kappa shape index (κ1) is 23.2. The van der Waals surface area contributed by atoms with Gasteiger partial charge in [-0.25, -0.2) is 8.42 Å². The first-order valence-electron chi connectivity index (χ1n) is 8.93. The molecule has 1 aromatic heterocycles. The highest BCUT2D eigenvalue weighted by Gasteiger charge is 2.40. The van der Waals surface area contributed by atoms with Crippen LogP contribution in [0.3, 0.4) is 0 Å². The quantitative estimate of drug-likeness (QED) is 0.291. The van der Waals surface area contributed by atoms with Crippen molar-refractivity contribution in [3.05, 3.63) is 17.5 Å². The van der Waals surface area contributed by atoms with Gasteiger partial charge in [0.05, 0.1) is 16.2 Å². The van der Waals surface area contributed by atoms with Crippen LogP contribution in [0.2, 0.25) is 0 Å². The van der Waals surface area contributed by atoms with E-state index in [1.807, 2.05) is 18.5 Å². The minimum Gasteiger partial charge on any atom is -0.357 e. The molecule has 0 radical (unpaired) electrons. The Hall–Kier alpha value is -0.840. The van der Waals surface area contributed by atoms with Gasteiger partial charge in [-0.3, -0.25) is 9.67 Å². The number of hydrogen-bond acceptors (Lipinski definition) is 4. The predicted molar refractivity (Wildman–Crippen MR) is 117 cm³/mol. The minimum absolute atomic E-state index is 0. The van der Waals surface area contributed by atoms with E-state index < -0.39 is 14.6 Å². The van der Waals surface area contributed by atoms with Gasteiger partial charge in [0.2, 0.25) is 0 Å². The Morgan fingerprint density at radius 3 is 2.62 bits per heavy atom. The number of guanidine groups is 1. The van der Waals surface area contributed by atoms with Gasteiger partial charge in [0, 0.05) is 38.4 Å². The Morgan fingerprint density at radius 2 is 2.08 bits per heavy atom. The highest BCUT2D eigenvalue weighted by atomic mass is 127. The SMILES string of the molecule is CCNC(=NCCCn1nc(C)cc1C)N1CCS(=O)(=O)C(C)(C)C1.I. The maximum atomic E-state index is 12.2. The van der Waals surface area contributed by atoms with Crippen LogP contribution >= 0.6 is 24.0 Å². The van der Waals surface area contributed by atoms with Crippen LogP contribution in [0.25, 0.3) is 0 Å². The van der Waals surface area contributed by atoms with Gasteiger partial charge in [-0.05, 0) is 47.1 Å². The molecule has 0 amide bonds. The van der Waals surface area contributed by atoms with E-state index in [9.17, 15) is 8.42 Å². The highest BCUT2D eigenvalue weighted by molar-refractivity contribution is 14.0. The summed E-state index contributed by atoms with van der Waals surface area (Å²) in [5, 5.41) is 7.75. The van der Waals surface area contributed by atoms with Crippen molar-refractivity contribution < 1.29 is 8.42 Å². The number of aliphatic imine (C=N–C) groups is 1. The van der Waals surface area contributed by atoms with Gasteiger partial charge in [0.15, 0.2) is 15.8 Å². The highest BCUT2D eigenvalue weighted by Crippen LogP contribution is 2.23. The molecule has 1 aliphatic rings.